The smallest absolute Gasteiger partial charge is 0.255 e. The Balaban J connectivity index is 1.74. The highest BCUT2D eigenvalue weighted by molar-refractivity contribution is 5.95. The summed E-state index contributed by atoms with van der Waals surface area (Å²) in [6.45, 7) is 7.13. The van der Waals surface area contributed by atoms with Crippen molar-refractivity contribution in [1.29, 1.82) is 0 Å². The van der Waals surface area contributed by atoms with E-state index in [1.165, 1.54) is 0 Å². The summed E-state index contributed by atoms with van der Waals surface area (Å²) in [5, 5.41) is 9.99. The molecule has 0 aliphatic carbocycles. The van der Waals surface area contributed by atoms with E-state index in [-0.39, 0.29) is 17.9 Å². The number of ether oxygens (including phenoxy) is 1. The third-order valence-corrected chi connectivity index (χ3v) is 4.14. The van der Waals surface area contributed by atoms with E-state index in [0.29, 0.717) is 12.2 Å². The highest BCUT2D eigenvalue weighted by atomic mass is 16.5. The van der Waals surface area contributed by atoms with Gasteiger partial charge in [0.05, 0.1) is 30.1 Å². The molecule has 0 radical (unpaired) electrons. The minimum absolute atomic E-state index is 0.118. The average Bonchev–Trinajstić information content (AvgIpc) is 3.17. The predicted molar refractivity (Wildman–Crippen MR) is 80.8 cm³/mol. The zero-order valence-electron chi connectivity index (χ0n) is 13.1. The topological polar surface area (TPSA) is 80.2 Å². The maximum absolute atomic E-state index is 12.5. The molecule has 1 amide bonds. The van der Waals surface area contributed by atoms with Gasteiger partial charge in [0.25, 0.3) is 5.91 Å². The summed E-state index contributed by atoms with van der Waals surface area (Å²) in [7, 11) is 0. The number of amides is 1. The molecule has 3 rings (SSSR count). The van der Waals surface area contributed by atoms with E-state index in [1.807, 2.05) is 26.8 Å². The number of aromatic nitrogens is 2. The molecule has 2 atom stereocenters. The summed E-state index contributed by atoms with van der Waals surface area (Å²) in [6.07, 6.45) is 2.50. The van der Waals surface area contributed by atoms with Crippen LogP contribution >= 0.6 is 0 Å². The van der Waals surface area contributed by atoms with E-state index in [0.717, 1.165) is 35.8 Å². The molecule has 2 aromatic rings. The van der Waals surface area contributed by atoms with Crippen LogP contribution in [0.4, 0.5) is 0 Å². The normalized spacial score (nSPS) is 19.3. The van der Waals surface area contributed by atoms with E-state index >= 15 is 0 Å². The van der Waals surface area contributed by atoms with Crippen LogP contribution in [-0.2, 0) is 4.74 Å². The molecule has 1 aliphatic rings. The van der Waals surface area contributed by atoms with E-state index in [2.05, 4.69) is 15.5 Å². The summed E-state index contributed by atoms with van der Waals surface area (Å²) in [4.78, 5) is 12.5. The third kappa shape index (κ3) is 2.78. The molecular weight excluding hydrogens is 282 g/mol. The van der Waals surface area contributed by atoms with Crippen LogP contribution in [0, 0.1) is 13.8 Å². The molecule has 22 heavy (non-hydrogen) atoms. The lowest BCUT2D eigenvalue weighted by molar-refractivity contribution is 0.0938. The maximum atomic E-state index is 12.5. The van der Waals surface area contributed by atoms with E-state index in [9.17, 15) is 4.79 Å². The van der Waals surface area contributed by atoms with Crippen LogP contribution in [0.5, 0.6) is 0 Å². The summed E-state index contributed by atoms with van der Waals surface area (Å²) in [5.74, 6) is 1.78. The number of furan rings is 1. The number of rotatable bonds is 4. The zero-order valence-corrected chi connectivity index (χ0v) is 13.1. The second kappa shape index (κ2) is 5.96. The Bertz CT molecular complexity index is 668. The van der Waals surface area contributed by atoms with Crippen LogP contribution in [0.1, 0.15) is 58.4 Å². The van der Waals surface area contributed by atoms with Crippen LogP contribution in [0.3, 0.4) is 0 Å². The molecule has 6 nitrogen and oxygen atoms in total. The van der Waals surface area contributed by atoms with Gasteiger partial charge < -0.3 is 14.5 Å². The Labute approximate surface area is 129 Å². The van der Waals surface area contributed by atoms with Gasteiger partial charge in [-0.15, -0.1) is 0 Å². The van der Waals surface area contributed by atoms with Crippen molar-refractivity contribution in [3.05, 3.63) is 40.6 Å². The van der Waals surface area contributed by atoms with E-state index in [1.54, 1.807) is 6.20 Å². The van der Waals surface area contributed by atoms with Gasteiger partial charge in [0.2, 0.25) is 0 Å². The molecule has 0 bridgehead atoms. The highest BCUT2D eigenvalue weighted by Crippen LogP contribution is 2.27. The van der Waals surface area contributed by atoms with Gasteiger partial charge in [-0.25, -0.2) is 0 Å². The van der Waals surface area contributed by atoms with Crippen molar-refractivity contribution in [2.75, 3.05) is 13.2 Å². The fourth-order valence-electron chi connectivity index (χ4n) is 2.98. The zero-order chi connectivity index (χ0) is 15.7. The number of hydrogen-bond acceptors (Lipinski definition) is 4. The molecule has 1 aliphatic heterocycles. The Kier molecular flexibility index (Phi) is 4.02. The van der Waals surface area contributed by atoms with Gasteiger partial charge in [-0.05, 0) is 33.3 Å². The summed E-state index contributed by atoms with van der Waals surface area (Å²) in [6, 6.07) is 1.84. The number of nitrogens with one attached hydrogen (secondary N) is 2. The number of aryl methyl sites for hydroxylation is 2. The second-order valence-corrected chi connectivity index (χ2v) is 5.82. The van der Waals surface area contributed by atoms with Crippen molar-refractivity contribution in [2.24, 2.45) is 0 Å². The first-order valence-corrected chi connectivity index (χ1v) is 7.55. The quantitative estimate of drug-likeness (QED) is 0.910. The van der Waals surface area contributed by atoms with Gasteiger partial charge in [-0.1, -0.05) is 0 Å². The van der Waals surface area contributed by atoms with Crippen LogP contribution < -0.4 is 5.32 Å². The lowest BCUT2D eigenvalue weighted by Crippen LogP contribution is -2.27. The molecular formula is C16H21N3O3. The Morgan fingerprint density at radius 2 is 2.32 bits per heavy atom. The molecule has 3 heterocycles. The minimum Gasteiger partial charge on any atom is -0.466 e. The van der Waals surface area contributed by atoms with Crippen molar-refractivity contribution >= 4 is 5.91 Å². The van der Waals surface area contributed by atoms with Crippen LogP contribution in [0.15, 0.2) is 16.7 Å². The number of hydrogen-bond donors (Lipinski definition) is 2. The van der Waals surface area contributed by atoms with Crippen molar-refractivity contribution < 1.29 is 13.9 Å². The SMILES string of the molecule is Cc1cc([C@@H](C)NC(=O)c2cn[nH]c2[C@H]2CCOC2)c(C)o1. The van der Waals surface area contributed by atoms with E-state index < -0.39 is 0 Å². The lowest BCUT2D eigenvalue weighted by Gasteiger charge is -2.14. The second-order valence-electron chi connectivity index (χ2n) is 5.82. The van der Waals surface area contributed by atoms with Crippen molar-refractivity contribution in [2.45, 2.75) is 39.2 Å². The first-order valence-electron chi connectivity index (χ1n) is 7.55. The van der Waals surface area contributed by atoms with Gasteiger partial charge >= 0.3 is 0 Å². The lowest BCUT2D eigenvalue weighted by atomic mass is 10.0. The molecule has 1 fully saturated rings. The largest absolute Gasteiger partial charge is 0.466 e. The summed E-state index contributed by atoms with van der Waals surface area (Å²) in [5.41, 5.74) is 2.46. The van der Waals surface area contributed by atoms with Crippen molar-refractivity contribution in [3.63, 3.8) is 0 Å². The molecule has 118 valence electrons. The van der Waals surface area contributed by atoms with Gasteiger partial charge in [-0.2, -0.15) is 5.10 Å². The molecule has 6 heteroatoms. The summed E-state index contributed by atoms with van der Waals surface area (Å²) < 4.78 is 10.9. The van der Waals surface area contributed by atoms with Crippen molar-refractivity contribution in [1.82, 2.24) is 15.5 Å². The van der Waals surface area contributed by atoms with Gasteiger partial charge in [-0.3, -0.25) is 9.89 Å². The number of aromatic amines is 1. The molecule has 0 spiro atoms. The van der Waals surface area contributed by atoms with Gasteiger partial charge in [0.15, 0.2) is 0 Å². The number of carbonyl (C=O) groups excluding carboxylic acids is 1. The first kappa shape index (κ1) is 14.8. The first-order chi connectivity index (χ1) is 10.6. The van der Waals surface area contributed by atoms with Gasteiger partial charge in [0, 0.05) is 18.1 Å². The fourth-order valence-corrected chi connectivity index (χ4v) is 2.98. The molecule has 0 aromatic carbocycles. The summed E-state index contributed by atoms with van der Waals surface area (Å²) >= 11 is 0. The number of H-pyrrole nitrogens is 1. The molecule has 0 saturated carbocycles. The highest BCUT2D eigenvalue weighted by Gasteiger charge is 2.26. The third-order valence-electron chi connectivity index (χ3n) is 4.14. The monoisotopic (exact) mass is 303 g/mol. The Morgan fingerprint density at radius 3 is 2.95 bits per heavy atom. The van der Waals surface area contributed by atoms with Gasteiger partial charge in [0.1, 0.15) is 11.5 Å². The van der Waals surface area contributed by atoms with Crippen LogP contribution in [-0.4, -0.2) is 29.3 Å². The predicted octanol–water partition coefficient (Wildman–Crippen LogP) is 2.61. The van der Waals surface area contributed by atoms with Crippen molar-refractivity contribution in [3.8, 4) is 0 Å². The van der Waals surface area contributed by atoms with Crippen LogP contribution in [0.25, 0.3) is 0 Å². The van der Waals surface area contributed by atoms with Crippen LogP contribution in [0.2, 0.25) is 0 Å². The number of carbonyl (C=O) groups is 1. The Hall–Kier alpha value is -2.08. The standard InChI is InChI=1S/C16H21N3O3/c1-9-6-13(11(3)22-9)10(2)18-16(20)14-7-17-19-15(14)12-4-5-21-8-12/h6-7,10,12H,4-5,8H2,1-3H3,(H,17,19)(H,18,20)/t10-,12+/m1/s1. The average molecular weight is 303 g/mol. The Morgan fingerprint density at radius 1 is 1.50 bits per heavy atom. The molecule has 2 N–H and O–H groups in total. The molecule has 1 saturated heterocycles. The fraction of sp³-hybridized carbons (Fsp3) is 0.500. The number of nitrogens with zero attached hydrogens (tertiary/aromatic N) is 1. The molecule has 0 unspecified atom stereocenters. The minimum atomic E-state index is -0.124. The maximum Gasteiger partial charge on any atom is 0.255 e. The van der Waals surface area contributed by atoms with E-state index in [4.69, 9.17) is 9.15 Å². The molecule has 2 aromatic heterocycles.